The number of morpholine rings is 1. The van der Waals surface area contributed by atoms with E-state index >= 15 is 0 Å². The van der Waals surface area contributed by atoms with Gasteiger partial charge in [0, 0.05) is 17.6 Å². The Hall–Kier alpha value is -1.97. The average Bonchev–Trinajstić information content (AvgIpc) is 2.55. The molecule has 0 spiro atoms. The number of nitrogens with zero attached hydrogens (tertiary/aromatic N) is 4. The van der Waals surface area contributed by atoms with E-state index in [-0.39, 0.29) is 6.10 Å². The van der Waals surface area contributed by atoms with Crippen molar-refractivity contribution in [3.8, 4) is 6.07 Å². The quantitative estimate of drug-likeness (QED) is 0.838. The zero-order chi connectivity index (χ0) is 14.7. The molecule has 21 heavy (non-hydrogen) atoms. The topological polar surface area (TPSA) is 62.0 Å². The first-order chi connectivity index (χ1) is 10.3. The van der Waals surface area contributed by atoms with Crippen LogP contribution in [0.1, 0.15) is 17.4 Å². The van der Waals surface area contributed by atoms with E-state index in [2.05, 4.69) is 42.9 Å². The highest BCUT2D eigenvalue weighted by atomic mass is 79.9. The number of benzene rings is 1. The Morgan fingerprint density at radius 1 is 1.33 bits per heavy atom. The van der Waals surface area contributed by atoms with Gasteiger partial charge in [-0.15, -0.1) is 0 Å². The van der Waals surface area contributed by atoms with Crippen LogP contribution < -0.4 is 4.90 Å². The van der Waals surface area contributed by atoms with Gasteiger partial charge >= 0.3 is 0 Å². The number of nitriles is 1. The van der Waals surface area contributed by atoms with Gasteiger partial charge in [0.2, 0.25) is 0 Å². The molecule has 0 N–H and O–H groups in total. The van der Waals surface area contributed by atoms with E-state index in [1.54, 1.807) is 6.20 Å². The second kappa shape index (κ2) is 6.20. The van der Waals surface area contributed by atoms with Crippen LogP contribution >= 0.6 is 15.9 Å². The van der Waals surface area contributed by atoms with Crippen LogP contribution in [0.25, 0.3) is 0 Å². The molecule has 0 aliphatic carbocycles. The molecule has 0 radical (unpaired) electrons. The van der Waals surface area contributed by atoms with E-state index in [0.29, 0.717) is 12.3 Å². The van der Waals surface area contributed by atoms with Crippen molar-refractivity contribution in [2.75, 3.05) is 24.6 Å². The molecule has 2 heterocycles. The van der Waals surface area contributed by atoms with Crippen LogP contribution in [-0.2, 0) is 4.74 Å². The van der Waals surface area contributed by atoms with Gasteiger partial charge in [-0.1, -0.05) is 28.1 Å². The fourth-order valence-corrected chi connectivity index (χ4v) is 2.73. The molecule has 0 saturated carbocycles. The van der Waals surface area contributed by atoms with Crippen molar-refractivity contribution in [1.82, 2.24) is 9.97 Å². The Morgan fingerprint density at radius 3 is 2.95 bits per heavy atom. The molecule has 1 aliphatic heterocycles. The minimum absolute atomic E-state index is 0.00805. The fraction of sp³-hybridized carbons (Fsp3) is 0.267. The normalized spacial score (nSPS) is 18.3. The van der Waals surface area contributed by atoms with Crippen molar-refractivity contribution in [2.24, 2.45) is 0 Å². The largest absolute Gasteiger partial charge is 0.370 e. The number of aromatic nitrogens is 2. The highest BCUT2D eigenvalue weighted by Gasteiger charge is 2.23. The second-order valence-corrected chi connectivity index (χ2v) is 5.65. The van der Waals surface area contributed by atoms with Crippen molar-refractivity contribution in [3.63, 3.8) is 0 Å². The Balaban J connectivity index is 1.77. The molecule has 1 aromatic heterocycles. The molecule has 1 saturated heterocycles. The lowest BCUT2D eigenvalue weighted by Gasteiger charge is -2.33. The molecule has 0 amide bonds. The zero-order valence-electron chi connectivity index (χ0n) is 11.2. The number of hydrogen-bond donors (Lipinski definition) is 0. The van der Waals surface area contributed by atoms with Crippen molar-refractivity contribution in [3.05, 3.63) is 52.4 Å². The highest BCUT2D eigenvalue weighted by molar-refractivity contribution is 9.10. The summed E-state index contributed by atoms with van der Waals surface area (Å²) in [5.74, 6) is 0.775. The molecule has 3 rings (SSSR count). The third-order valence-corrected chi connectivity index (χ3v) is 3.86. The first-order valence-corrected chi connectivity index (χ1v) is 7.40. The summed E-state index contributed by atoms with van der Waals surface area (Å²) in [4.78, 5) is 10.5. The summed E-state index contributed by atoms with van der Waals surface area (Å²) in [6.45, 7) is 2.13. The van der Waals surface area contributed by atoms with E-state index in [1.807, 2.05) is 18.2 Å². The van der Waals surface area contributed by atoms with Gasteiger partial charge in [-0.05, 0) is 17.7 Å². The summed E-state index contributed by atoms with van der Waals surface area (Å²) in [6.07, 6.45) is 3.15. The minimum atomic E-state index is 0.00805. The summed E-state index contributed by atoms with van der Waals surface area (Å²) < 4.78 is 6.89. The van der Waals surface area contributed by atoms with Crippen molar-refractivity contribution in [1.29, 1.82) is 5.26 Å². The Bertz CT molecular complexity index is 668. The molecule has 5 nitrogen and oxygen atoms in total. The van der Waals surface area contributed by atoms with E-state index in [1.165, 1.54) is 6.20 Å². The van der Waals surface area contributed by atoms with Gasteiger partial charge in [0.05, 0.1) is 19.0 Å². The monoisotopic (exact) mass is 344 g/mol. The van der Waals surface area contributed by atoms with Crippen molar-refractivity contribution < 1.29 is 4.74 Å². The molecule has 2 aromatic rings. The van der Waals surface area contributed by atoms with Gasteiger partial charge in [0.25, 0.3) is 0 Å². The van der Waals surface area contributed by atoms with Gasteiger partial charge in [-0.25, -0.2) is 9.97 Å². The predicted molar refractivity (Wildman–Crippen MR) is 81.8 cm³/mol. The van der Waals surface area contributed by atoms with Gasteiger partial charge in [-0.3, -0.25) is 0 Å². The molecular weight excluding hydrogens is 332 g/mol. The van der Waals surface area contributed by atoms with Crippen LogP contribution in [0.4, 0.5) is 5.82 Å². The Kier molecular flexibility index (Phi) is 4.13. The van der Waals surface area contributed by atoms with Crippen LogP contribution in [0.15, 0.2) is 41.1 Å². The zero-order valence-corrected chi connectivity index (χ0v) is 12.8. The highest BCUT2D eigenvalue weighted by Crippen LogP contribution is 2.26. The van der Waals surface area contributed by atoms with Crippen LogP contribution in [-0.4, -0.2) is 29.7 Å². The Morgan fingerprint density at radius 2 is 2.24 bits per heavy atom. The molecule has 1 aromatic carbocycles. The second-order valence-electron chi connectivity index (χ2n) is 4.73. The van der Waals surface area contributed by atoms with Crippen LogP contribution in [0.5, 0.6) is 0 Å². The first kappa shape index (κ1) is 14.0. The van der Waals surface area contributed by atoms with Gasteiger partial charge in [-0.2, -0.15) is 5.26 Å². The standard InChI is InChI=1S/C15H13BrN4O/c16-12-3-1-2-11(6-12)14-10-20(4-5-21-14)15-9-18-13(7-17)8-19-15/h1-3,6,8-9,14H,4-5,10H2/t14-/m1/s1. The third kappa shape index (κ3) is 3.20. The lowest BCUT2D eigenvalue weighted by Crippen LogP contribution is -2.38. The Labute approximate surface area is 131 Å². The van der Waals surface area contributed by atoms with Crippen LogP contribution in [0.3, 0.4) is 0 Å². The van der Waals surface area contributed by atoms with Gasteiger partial charge in [0.1, 0.15) is 18.0 Å². The SMILES string of the molecule is N#Cc1cnc(N2CCO[C@@H](c3cccc(Br)c3)C2)cn1. The molecule has 1 atom stereocenters. The average molecular weight is 345 g/mol. The lowest BCUT2D eigenvalue weighted by molar-refractivity contribution is 0.0394. The molecule has 6 heteroatoms. The van der Waals surface area contributed by atoms with E-state index in [0.717, 1.165) is 28.9 Å². The number of rotatable bonds is 2. The minimum Gasteiger partial charge on any atom is -0.370 e. The number of halogens is 1. The smallest absolute Gasteiger partial charge is 0.158 e. The summed E-state index contributed by atoms with van der Waals surface area (Å²) in [7, 11) is 0. The van der Waals surface area contributed by atoms with E-state index < -0.39 is 0 Å². The number of hydrogen-bond acceptors (Lipinski definition) is 5. The molecule has 0 unspecified atom stereocenters. The fourth-order valence-electron chi connectivity index (χ4n) is 2.31. The van der Waals surface area contributed by atoms with E-state index in [9.17, 15) is 0 Å². The van der Waals surface area contributed by atoms with E-state index in [4.69, 9.17) is 10.00 Å². The third-order valence-electron chi connectivity index (χ3n) is 3.36. The predicted octanol–water partition coefficient (Wildman–Crippen LogP) is 2.69. The summed E-state index contributed by atoms with van der Waals surface area (Å²) in [5, 5.41) is 8.76. The molecular formula is C15H13BrN4O. The molecule has 1 aliphatic rings. The molecule has 106 valence electrons. The summed E-state index contributed by atoms with van der Waals surface area (Å²) in [5.41, 5.74) is 1.46. The lowest BCUT2D eigenvalue weighted by atomic mass is 10.1. The van der Waals surface area contributed by atoms with Crippen LogP contribution in [0, 0.1) is 11.3 Å². The maximum Gasteiger partial charge on any atom is 0.158 e. The summed E-state index contributed by atoms with van der Waals surface area (Å²) >= 11 is 3.48. The van der Waals surface area contributed by atoms with Gasteiger partial charge < -0.3 is 9.64 Å². The first-order valence-electron chi connectivity index (χ1n) is 6.60. The van der Waals surface area contributed by atoms with Crippen molar-refractivity contribution in [2.45, 2.75) is 6.10 Å². The maximum atomic E-state index is 8.76. The van der Waals surface area contributed by atoms with Gasteiger partial charge in [0.15, 0.2) is 5.69 Å². The number of anilines is 1. The number of ether oxygens (including phenoxy) is 1. The maximum absolute atomic E-state index is 8.76. The molecule has 1 fully saturated rings. The molecule has 0 bridgehead atoms. The summed E-state index contributed by atoms with van der Waals surface area (Å²) in [6, 6.07) is 10.1. The van der Waals surface area contributed by atoms with Crippen LogP contribution in [0.2, 0.25) is 0 Å². The van der Waals surface area contributed by atoms with Crippen molar-refractivity contribution >= 4 is 21.7 Å².